The topological polar surface area (TPSA) is 58.2 Å². The van der Waals surface area contributed by atoms with Crippen LogP contribution in [0.4, 0.5) is 15.8 Å². The molecule has 0 bridgehead atoms. The Hall–Kier alpha value is -1.79. The molecular formula is C14H14ClFN2O2S. The van der Waals surface area contributed by atoms with Gasteiger partial charge in [0.2, 0.25) is 10.0 Å². The largest absolute Gasteiger partial charge is 0.381 e. The van der Waals surface area contributed by atoms with Crippen LogP contribution in [0.3, 0.4) is 0 Å². The number of anilines is 2. The Morgan fingerprint density at radius 2 is 1.95 bits per heavy atom. The number of benzene rings is 2. The van der Waals surface area contributed by atoms with Crippen LogP contribution in [0.2, 0.25) is 5.02 Å². The summed E-state index contributed by atoms with van der Waals surface area (Å²) >= 11 is 6.02. The lowest BCUT2D eigenvalue weighted by molar-refractivity contribution is 0.607. The van der Waals surface area contributed by atoms with Crippen LogP contribution in [0.15, 0.2) is 42.5 Å². The van der Waals surface area contributed by atoms with Gasteiger partial charge in [-0.05, 0) is 35.9 Å². The van der Waals surface area contributed by atoms with Gasteiger partial charge in [-0.25, -0.2) is 12.8 Å². The van der Waals surface area contributed by atoms with Gasteiger partial charge in [-0.1, -0.05) is 23.7 Å². The lowest BCUT2D eigenvalue weighted by atomic mass is 10.2. The molecule has 0 fully saturated rings. The Morgan fingerprint density at radius 1 is 1.19 bits per heavy atom. The molecular weight excluding hydrogens is 315 g/mol. The smallest absolute Gasteiger partial charge is 0.229 e. The van der Waals surface area contributed by atoms with E-state index in [2.05, 4.69) is 10.0 Å². The van der Waals surface area contributed by atoms with Crippen LogP contribution >= 0.6 is 11.6 Å². The first-order chi connectivity index (χ1) is 9.83. The van der Waals surface area contributed by atoms with E-state index in [1.807, 2.05) is 0 Å². The molecule has 0 unspecified atom stereocenters. The van der Waals surface area contributed by atoms with Crippen molar-refractivity contribution in [1.29, 1.82) is 0 Å². The van der Waals surface area contributed by atoms with Crippen molar-refractivity contribution in [3.8, 4) is 0 Å². The quantitative estimate of drug-likeness (QED) is 0.883. The van der Waals surface area contributed by atoms with Gasteiger partial charge in [0.15, 0.2) is 0 Å². The molecule has 21 heavy (non-hydrogen) atoms. The van der Waals surface area contributed by atoms with Crippen LogP contribution in [0.5, 0.6) is 0 Å². The number of sulfonamides is 1. The minimum atomic E-state index is -3.37. The highest BCUT2D eigenvalue weighted by molar-refractivity contribution is 7.92. The normalized spacial score (nSPS) is 11.2. The molecule has 0 aliphatic rings. The fourth-order valence-corrected chi connectivity index (χ4v) is 2.62. The van der Waals surface area contributed by atoms with E-state index in [4.69, 9.17) is 11.6 Å². The van der Waals surface area contributed by atoms with E-state index < -0.39 is 10.0 Å². The highest BCUT2D eigenvalue weighted by atomic mass is 35.5. The van der Waals surface area contributed by atoms with Gasteiger partial charge in [0, 0.05) is 12.2 Å². The summed E-state index contributed by atoms with van der Waals surface area (Å²) in [5.41, 5.74) is 1.82. The molecule has 2 aromatic carbocycles. The molecule has 4 nitrogen and oxygen atoms in total. The second-order valence-electron chi connectivity index (χ2n) is 4.55. The molecule has 0 aliphatic heterocycles. The third-order valence-corrected chi connectivity index (χ3v) is 3.55. The predicted molar refractivity (Wildman–Crippen MR) is 83.6 cm³/mol. The van der Waals surface area contributed by atoms with Crippen molar-refractivity contribution in [3.05, 3.63) is 58.9 Å². The predicted octanol–water partition coefficient (Wildman–Crippen LogP) is 3.46. The third kappa shape index (κ3) is 4.91. The Bertz CT molecular complexity index is 750. The van der Waals surface area contributed by atoms with Gasteiger partial charge in [0.25, 0.3) is 0 Å². The summed E-state index contributed by atoms with van der Waals surface area (Å²) in [5, 5.41) is 3.37. The standard InChI is InChI=1S/C14H14ClFN2O2S/c1-21(19,20)18-14-6-5-12(8-13(14)15)17-9-10-3-2-4-11(16)7-10/h2-8,17-18H,9H2,1H3. The Labute approximate surface area is 128 Å². The van der Waals surface area contributed by atoms with Crippen molar-refractivity contribution in [2.75, 3.05) is 16.3 Å². The fourth-order valence-electron chi connectivity index (χ4n) is 1.76. The van der Waals surface area contributed by atoms with Crippen LogP contribution in [0.25, 0.3) is 0 Å². The second kappa shape index (κ2) is 6.32. The third-order valence-electron chi connectivity index (χ3n) is 2.65. The minimum absolute atomic E-state index is 0.282. The van der Waals surface area contributed by atoms with E-state index >= 15 is 0 Å². The molecule has 2 N–H and O–H groups in total. The minimum Gasteiger partial charge on any atom is -0.381 e. The van der Waals surface area contributed by atoms with Crippen molar-refractivity contribution < 1.29 is 12.8 Å². The van der Waals surface area contributed by atoms with E-state index in [0.717, 1.165) is 11.8 Å². The Kier molecular flexibility index (Phi) is 4.69. The molecule has 0 aliphatic carbocycles. The molecule has 0 spiro atoms. The summed E-state index contributed by atoms with van der Waals surface area (Å²) in [6.45, 7) is 0.437. The number of hydrogen-bond acceptors (Lipinski definition) is 3. The first-order valence-corrected chi connectivity index (χ1v) is 8.36. The number of nitrogens with one attached hydrogen (secondary N) is 2. The van der Waals surface area contributed by atoms with E-state index in [1.165, 1.54) is 12.1 Å². The SMILES string of the molecule is CS(=O)(=O)Nc1ccc(NCc2cccc(F)c2)cc1Cl. The summed E-state index contributed by atoms with van der Waals surface area (Å²) < 4.78 is 37.7. The van der Waals surface area contributed by atoms with E-state index in [1.54, 1.807) is 30.3 Å². The van der Waals surface area contributed by atoms with Gasteiger partial charge in [0.05, 0.1) is 17.0 Å². The van der Waals surface area contributed by atoms with E-state index in [0.29, 0.717) is 17.9 Å². The van der Waals surface area contributed by atoms with Gasteiger partial charge in [-0.15, -0.1) is 0 Å². The molecule has 0 atom stereocenters. The monoisotopic (exact) mass is 328 g/mol. The number of rotatable bonds is 5. The summed E-state index contributed by atoms with van der Waals surface area (Å²) in [6.07, 6.45) is 1.05. The molecule has 0 radical (unpaired) electrons. The second-order valence-corrected chi connectivity index (χ2v) is 6.71. The van der Waals surface area contributed by atoms with Crippen molar-refractivity contribution in [1.82, 2.24) is 0 Å². The zero-order valence-corrected chi connectivity index (χ0v) is 12.8. The molecule has 0 aromatic heterocycles. The van der Waals surface area contributed by atoms with Gasteiger partial charge in [0.1, 0.15) is 5.82 Å². The maximum Gasteiger partial charge on any atom is 0.229 e. The maximum absolute atomic E-state index is 13.1. The number of halogens is 2. The summed E-state index contributed by atoms with van der Waals surface area (Å²) in [7, 11) is -3.37. The highest BCUT2D eigenvalue weighted by Gasteiger charge is 2.07. The van der Waals surface area contributed by atoms with Crippen molar-refractivity contribution in [3.63, 3.8) is 0 Å². The Balaban J connectivity index is 2.07. The first kappa shape index (κ1) is 15.6. The average Bonchev–Trinajstić information content (AvgIpc) is 2.38. The number of hydrogen-bond donors (Lipinski definition) is 2. The first-order valence-electron chi connectivity index (χ1n) is 6.09. The van der Waals surface area contributed by atoms with Crippen molar-refractivity contribution >= 4 is 33.0 Å². The van der Waals surface area contributed by atoms with Crippen LogP contribution in [-0.2, 0) is 16.6 Å². The molecule has 0 saturated heterocycles. The van der Waals surface area contributed by atoms with Crippen LogP contribution in [0, 0.1) is 5.82 Å². The van der Waals surface area contributed by atoms with Gasteiger partial charge in [-0.2, -0.15) is 0 Å². The van der Waals surface area contributed by atoms with Crippen LogP contribution < -0.4 is 10.0 Å². The molecule has 112 valence electrons. The van der Waals surface area contributed by atoms with Gasteiger partial charge in [-0.3, -0.25) is 4.72 Å². The highest BCUT2D eigenvalue weighted by Crippen LogP contribution is 2.26. The van der Waals surface area contributed by atoms with Crippen LogP contribution in [0.1, 0.15) is 5.56 Å². The molecule has 0 saturated carbocycles. The van der Waals surface area contributed by atoms with Gasteiger partial charge >= 0.3 is 0 Å². The molecule has 2 rings (SSSR count). The lowest BCUT2D eigenvalue weighted by Crippen LogP contribution is -2.10. The molecule has 0 amide bonds. The van der Waals surface area contributed by atoms with E-state index in [9.17, 15) is 12.8 Å². The fraction of sp³-hybridized carbons (Fsp3) is 0.143. The average molecular weight is 329 g/mol. The van der Waals surface area contributed by atoms with Gasteiger partial charge < -0.3 is 5.32 Å². The van der Waals surface area contributed by atoms with Crippen molar-refractivity contribution in [2.24, 2.45) is 0 Å². The zero-order valence-electron chi connectivity index (χ0n) is 11.2. The summed E-state index contributed by atoms with van der Waals surface area (Å²) in [6, 6.07) is 11.1. The summed E-state index contributed by atoms with van der Waals surface area (Å²) in [5.74, 6) is -0.292. The molecule has 7 heteroatoms. The molecule has 0 heterocycles. The molecule has 2 aromatic rings. The Morgan fingerprint density at radius 3 is 2.57 bits per heavy atom. The lowest BCUT2D eigenvalue weighted by Gasteiger charge is -2.10. The maximum atomic E-state index is 13.1. The van der Waals surface area contributed by atoms with Crippen LogP contribution in [-0.4, -0.2) is 14.7 Å². The van der Waals surface area contributed by atoms with Crippen molar-refractivity contribution in [2.45, 2.75) is 6.54 Å². The summed E-state index contributed by atoms with van der Waals surface area (Å²) in [4.78, 5) is 0. The van der Waals surface area contributed by atoms with E-state index in [-0.39, 0.29) is 10.8 Å². The zero-order chi connectivity index (χ0) is 15.5.